The predicted octanol–water partition coefficient (Wildman–Crippen LogP) is 3.06. The SMILES string of the molecule is COc1cc(NC(=O)/C=C/c2ccc(O)cc2)cc(OC)c1. The molecule has 0 aliphatic heterocycles. The third-order valence-corrected chi connectivity index (χ3v) is 2.94. The second-order valence-corrected chi connectivity index (χ2v) is 4.52. The van der Waals surface area contributed by atoms with Crippen molar-refractivity contribution in [3.05, 3.63) is 54.1 Å². The van der Waals surface area contributed by atoms with Crippen molar-refractivity contribution in [1.29, 1.82) is 0 Å². The van der Waals surface area contributed by atoms with Crippen molar-refractivity contribution in [3.63, 3.8) is 0 Å². The zero-order valence-electron chi connectivity index (χ0n) is 12.4. The van der Waals surface area contributed by atoms with Crippen molar-refractivity contribution in [2.45, 2.75) is 0 Å². The van der Waals surface area contributed by atoms with Crippen LogP contribution in [0.5, 0.6) is 17.2 Å². The van der Waals surface area contributed by atoms with Gasteiger partial charge in [-0.1, -0.05) is 12.1 Å². The van der Waals surface area contributed by atoms with Gasteiger partial charge in [0.2, 0.25) is 5.91 Å². The summed E-state index contributed by atoms with van der Waals surface area (Å²) in [6, 6.07) is 11.7. The maximum Gasteiger partial charge on any atom is 0.248 e. The molecule has 0 saturated carbocycles. The molecule has 22 heavy (non-hydrogen) atoms. The molecule has 0 radical (unpaired) electrons. The minimum absolute atomic E-state index is 0.185. The second kappa shape index (κ2) is 7.17. The van der Waals surface area contributed by atoms with Gasteiger partial charge in [-0.3, -0.25) is 4.79 Å². The van der Waals surface area contributed by atoms with Crippen LogP contribution in [0, 0.1) is 0 Å². The summed E-state index contributed by atoms with van der Waals surface area (Å²) < 4.78 is 10.3. The molecule has 0 bridgehead atoms. The van der Waals surface area contributed by atoms with Crippen LogP contribution in [0.4, 0.5) is 5.69 Å². The van der Waals surface area contributed by atoms with E-state index in [4.69, 9.17) is 9.47 Å². The molecule has 0 fully saturated rings. The first kappa shape index (κ1) is 15.4. The molecule has 5 nitrogen and oxygen atoms in total. The lowest BCUT2D eigenvalue weighted by atomic mass is 10.2. The normalized spacial score (nSPS) is 10.5. The number of rotatable bonds is 5. The zero-order chi connectivity index (χ0) is 15.9. The Labute approximate surface area is 128 Å². The van der Waals surface area contributed by atoms with E-state index in [2.05, 4.69) is 5.32 Å². The number of ether oxygens (including phenoxy) is 2. The Morgan fingerprint density at radius 3 is 2.18 bits per heavy atom. The molecule has 114 valence electrons. The molecule has 0 aromatic heterocycles. The highest BCUT2D eigenvalue weighted by molar-refractivity contribution is 6.02. The number of hydrogen-bond acceptors (Lipinski definition) is 4. The highest BCUT2D eigenvalue weighted by Gasteiger charge is 2.04. The third kappa shape index (κ3) is 4.28. The van der Waals surface area contributed by atoms with Gasteiger partial charge in [0.25, 0.3) is 0 Å². The number of carbonyl (C=O) groups is 1. The fourth-order valence-electron chi connectivity index (χ4n) is 1.82. The molecule has 0 spiro atoms. The fraction of sp³-hybridized carbons (Fsp3) is 0.118. The van der Waals surface area contributed by atoms with Gasteiger partial charge in [-0.25, -0.2) is 0 Å². The fourth-order valence-corrected chi connectivity index (χ4v) is 1.82. The van der Waals surface area contributed by atoms with Crippen LogP contribution < -0.4 is 14.8 Å². The number of phenolic OH excluding ortho intramolecular Hbond substituents is 1. The first-order valence-corrected chi connectivity index (χ1v) is 6.62. The maximum atomic E-state index is 11.9. The van der Waals surface area contributed by atoms with Crippen molar-refractivity contribution in [2.24, 2.45) is 0 Å². The predicted molar refractivity (Wildman–Crippen MR) is 85.3 cm³/mol. The van der Waals surface area contributed by atoms with Gasteiger partial charge < -0.3 is 19.9 Å². The smallest absolute Gasteiger partial charge is 0.248 e. The molecule has 0 aliphatic carbocycles. The Hall–Kier alpha value is -2.95. The van der Waals surface area contributed by atoms with Crippen LogP contribution in [0.25, 0.3) is 6.08 Å². The van der Waals surface area contributed by atoms with Crippen LogP contribution in [0.1, 0.15) is 5.56 Å². The van der Waals surface area contributed by atoms with E-state index in [0.29, 0.717) is 17.2 Å². The Balaban J connectivity index is 2.06. The van der Waals surface area contributed by atoms with E-state index < -0.39 is 0 Å². The highest BCUT2D eigenvalue weighted by atomic mass is 16.5. The monoisotopic (exact) mass is 299 g/mol. The number of benzene rings is 2. The number of methoxy groups -OCH3 is 2. The minimum Gasteiger partial charge on any atom is -0.508 e. The minimum atomic E-state index is -0.275. The molecule has 0 atom stereocenters. The lowest BCUT2D eigenvalue weighted by Gasteiger charge is -2.08. The van der Waals surface area contributed by atoms with Gasteiger partial charge in [-0.15, -0.1) is 0 Å². The van der Waals surface area contributed by atoms with Crippen LogP contribution in [0.15, 0.2) is 48.5 Å². The van der Waals surface area contributed by atoms with Gasteiger partial charge in [0.15, 0.2) is 0 Å². The van der Waals surface area contributed by atoms with Crippen LogP contribution in [-0.2, 0) is 4.79 Å². The number of phenols is 1. The zero-order valence-corrected chi connectivity index (χ0v) is 12.4. The number of hydrogen-bond donors (Lipinski definition) is 2. The van der Waals surface area contributed by atoms with E-state index in [1.54, 1.807) is 62.8 Å². The first-order valence-electron chi connectivity index (χ1n) is 6.62. The molecule has 5 heteroatoms. The molecular formula is C17H17NO4. The molecule has 2 rings (SSSR count). The number of carbonyl (C=O) groups excluding carboxylic acids is 1. The van der Waals surface area contributed by atoms with Gasteiger partial charge in [0.1, 0.15) is 17.2 Å². The Kier molecular flexibility index (Phi) is 5.03. The molecule has 2 aromatic rings. The number of anilines is 1. The van der Waals surface area contributed by atoms with Crippen molar-refractivity contribution < 1.29 is 19.4 Å². The maximum absolute atomic E-state index is 11.9. The van der Waals surface area contributed by atoms with Gasteiger partial charge in [-0.05, 0) is 23.8 Å². The van der Waals surface area contributed by atoms with Gasteiger partial charge in [0, 0.05) is 30.0 Å². The Morgan fingerprint density at radius 2 is 1.64 bits per heavy atom. The molecule has 0 saturated heterocycles. The standard InChI is InChI=1S/C17H17NO4/c1-21-15-9-13(10-16(11-15)22-2)18-17(20)8-5-12-3-6-14(19)7-4-12/h3-11,19H,1-2H3,(H,18,20)/b8-5+. The number of aromatic hydroxyl groups is 1. The van der Waals surface area contributed by atoms with Crippen LogP contribution in [0.3, 0.4) is 0 Å². The first-order chi connectivity index (χ1) is 10.6. The van der Waals surface area contributed by atoms with Crippen molar-refractivity contribution in [2.75, 3.05) is 19.5 Å². The highest BCUT2D eigenvalue weighted by Crippen LogP contribution is 2.25. The summed E-state index contributed by atoms with van der Waals surface area (Å²) in [5, 5.41) is 11.9. The molecule has 2 N–H and O–H groups in total. The van der Waals surface area contributed by atoms with Crippen molar-refractivity contribution >= 4 is 17.7 Å². The third-order valence-electron chi connectivity index (χ3n) is 2.94. The second-order valence-electron chi connectivity index (χ2n) is 4.52. The van der Waals surface area contributed by atoms with Crippen molar-refractivity contribution in [3.8, 4) is 17.2 Å². The summed E-state index contributed by atoms with van der Waals surface area (Å²) in [7, 11) is 3.09. The topological polar surface area (TPSA) is 67.8 Å². The van der Waals surface area contributed by atoms with Crippen LogP contribution >= 0.6 is 0 Å². The lowest BCUT2D eigenvalue weighted by molar-refractivity contribution is -0.111. The van der Waals surface area contributed by atoms with Gasteiger partial charge in [-0.2, -0.15) is 0 Å². The Morgan fingerprint density at radius 1 is 1.05 bits per heavy atom. The molecule has 0 unspecified atom stereocenters. The van der Waals surface area contributed by atoms with Gasteiger partial charge >= 0.3 is 0 Å². The summed E-state index contributed by atoms with van der Waals surface area (Å²) in [6.07, 6.45) is 3.07. The van der Waals surface area contributed by atoms with E-state index in [1.165, 1.54) is 6.08 Å². The van der Waals surface area contributed by atoms with Crippen molar-refractivity contribution in [1.82, 2.24) is 0 Å². The lowest BCUT2D eigenvalue weighted by Crippen LogP contribution is -2.08. The summed E-state index contributed by atoms with van der Waals surface area (Å²) in [5.74, 6) is 1.10. The molecular weight excluding hydrogens is 282 g/mol. The quantitative estimate of drug-likeness (QED) is 0.833. The van der Waals surface area contributed by atoms with E-state index in [1.807, 2.05) is 0 Å². The van der Waals surface area contributed by atoms with E-state index in [-0.39, 0.29) is 11.7 Å². The van der Waals surface area contributed by atoms with Gasteiger partial charge in [0.05, 0.1) is 14.2 Å². The summed E-state index contributed by atoms with van der Waals surface area (Å²) in [4.78, 5) is 11.9. The molecule has 2 aromatic carbocycles. The average molecular weight is 299 g/mol. The average Bonchev–Trinajstić information content (AvgIpc) is 2.54. The van der Waals surface area contributed by atoms with E-state index >= 15 is 0 Å². The largest absolute Gasteiger partial charge is 0.508 e. The Bertz CT molecular complexity index is 655. The van der Waals surface area contributed by atoms with E-state index in [9.17, 15) is 9.90 Å². The number of amides is 1. The van der Waals surface area contributed by atoms with Crippen LogP contribution in [0.2, 0.25) is 0 Å². The summed E-state index contributed by atoms with van der Waals surface area (Å²) in [6.45, 7) is 0. The number of nitrogens with one attached hydrogen (secondary N) is 1. The molecule has 0 aliphatic rings. The molecule has 0 heterocycles. The molecule has 1 amide bonds. The van der Waals surface area contributed by atoms with Crippen LogP contribution in [-0.4, -0.2) is 25.2 Å². The summed E-state index contributed by atoms with van der Waals surface area (Å²) in [5.41, 5.74) is 1.40. The summed E-state index contributed by atoms with van der Waals surface area (Å²) >= 11 is 0. The van der Waals surface area contributed by atoms with E-state index in [0.717, 1.165) is 5.56 Å².